The predicted octanol–water partition coefficient (Wildman–Crippen LogP) is 3.99. The third-order valence-corrected chi connectivity index (χ3v) is 8.08. The zero-order valence-electron chi connectivity index (χ0n) is 21.4. The summed E-state index contributed by atoms with van der Waals surface area (Å²) in [6, 6.07) is 12.7. The molecule has 1 amide bonds. The van der Waals surface area contributed by atoms with Crippen LogP contribution in [0.25, 0.3) is 10.9 Å². The summed E-state index contributed by atoms with van der Waals surface area (Å²) in [5.41, 5.74) is 8.49. The Morgan fingerprint density at radius 3 is 2.53 bits per heavy atom. The Bertz CT molecular complexity index is 1310. The average Bonchev–Trinajstić information content (AvgIpc) is 3.46. The number of nitrogens with zero attached hydrogens (tertiary/aromatic N) is 2. The van der Waals surface area contributed by atoms with E-state index in [0.717, 1.165) is 66.6 Å². The van der Waals surface area contributed by atoms with Gasteiger partial charge in [-0.2, -0.15) is 0 Å². The Kier molecular flexibility index (Phi) is 7.27. The minimum absolute atomic E-state index is 0.213. The molecule has 3 aromatic rings. The van der Waals surface area contributed by atoms with Crippen molar-refractivity contribution in [2.75, 3.05) is 33.2 Å². The number of hydrogen-bond donors (Lipinski definition) is 3. The van der Waals surface area contributed by atoms with Crippen molar-refractivity contribution in [3.8, 4) is 5.75 Å². The van der Waals surface area contributed by atoms with Crippen molar-refractivity contribution in [3.63, 3.8) is 0 Å². The van der Waals surface area contributed by atoms with Crippen molar-refractivity contribution >= 4 is 23.0 Å². The number of likely N-dealkylation sites (tertiary alicyclic amines) is 1. The van der Waals surface area contributed by atoms with Crippen LogP contribution in [0.4, 0.5) is 9.18 Å². The van der Waals surface area contributed by atoms with Gasteiger partial charge in [0.2, 0.25) is 0 Å². The van der Waals surface area contributed by atoms with E-state index in [-0.39, 0.29) is 17.1 Å². The molecule has 4 N–H and O–H groups in total. The number of nitrogens with two attached hydrogens (primary N) is 1. The fourth-order valence-electron chi connectivity index (χ4n) is 6.06. The Morgan fingerprint density at radius 2 is 1.84 bits per heavy atom. The van der Waals surface area contributed by atoms with Gasteiger partial charge < -0.3 is 30.3 Å². The van der Waals surface area contributed by atoms with Gasteiger partial charge in [0.1, 0.15) is 11.6 Å². The summed E-state index contributed by atoms with van der Waals surface area (Å²) in [7, 11) is 2.11. The maximum Gasteiger partial charge on any atom is 0.525 e. The predicted molar refractivity (Wildman–Crippen MR) is 139 cm³/mol. The second kappa shape index (κ2) is 10.6. The number of aromatic amines is 1. The van der Waals surface area contributed by atoms with Gasteiger partial charge in [-0.15, -0.1) is 5.06 Å². The molecule has 2 aromatic carbocycles. The van der Waals surface area contributed by atoms with Crippen LogP contribution in [-0.4, -0.2) is 71.4 Å². The van der Waals surface area contributed by atoms with Gasteiger partial charge >= 0.3 is 6.16 Å². The van der Waals surface area contributed by atoms with Crippen LogP contribution in [0.5, 0.6) is 5.75 Å². The highest BCUT2D eigenvalue weighted by Crippen LogP contribution is 2.49. The summed E-state index contributed by atoms with van der Waals surface area (Å²) >= 11 is 0. The first-order chi connectivity index (χ1) is 18.3. The maximum atomic E-state index is 13.4. The van der Waals surface area contributed by atoms with Gasteiger partial charge in [0.05, 0.1) is 0 Å². The largest absolute Gasteiger partial charge is 0.525 e. The molecule has 0 aliphatic carbocycles. The molecule has 10 heteroatoms. The SMILES string of the molecule is CN1CCC2(CC1)c1ccccc1OC2C(N)=O.O=C(O)ON1CCC(c2c[nH]c3ccc(F)cc23)CC1. The number of fused-ring (bicyclic) bond motifs is 3. The van der Waals surface area contributed by atoms with E-state index in [1.54, 1.807) is 12.1 Å². The molecule has 202 valence electrons. The number of carbonyl (C=O) groups is 2. The molecule has 4 heterocycles. The zero-order chi connectivity index (χ0) is 26.9. The van der Waals surface area contributed by atoms with Gasteiger partial charge in [0.15, 0.2) is 6.10 Å². The van der Waals surface area contributed by atoms with Crippen LogP contribution in [0.15, 0.2) is 48.7 Å². The van der Waals surface area contributed by atoms with Crippen molar-refractivity contribution in [2.24, 2.45) is 5.73 Å². The van der Waals surface area contributed by atoms with E-state index in [0.29, 0.717) is 19.0 Å². The lowest BCUT2D eigenvalue weighted by Gasteiger charge is -2.39. The topological polar surface area (TPSA) is 121 Å². The van der Waals surface area contributed by atoms with E-state index < -0.39 is 12.3 Å². The molecule has 1 aromatic heterocycles. The van der Waals surface area contributed by atoms with Crippen LogP contribution in [0, 0.1) is 5.82 Å². The summed E-state index contributed by atoms with van der Waals surface area (Å²) in [5.74, 6) is 0.519. The lowest BCUT2D eigenvalue weighted by Crippen LogP contribution is -2.52. The number of para-hydroxylation sites is 1. The highest BCUT2D eigenvalue weighted by molar-refractivity contribution is 5.84. The summed E-state index contributed by atoms with van der Waals surface area (Å²) in [6.07, 6.45) is 3.55. The third-order valence-electron chi connectivity index (χ3n) is 8.08. The number of primary amides is 1. The van der Waals surface area contributed by atoms with Gasteiger partial charge in [-0.1, -0.05) is 18.2 Å². The maximum absolute atomic E-state index is 13.4. The van der Waals surface area contributed by atoms with Crippen LogP contribution in [0.2, 0.25) is 0 Å². The number of aromatic nitrogens is 1. The van der Waals surface area contributed by atoms with E-state index in [1.165, 1.54) is 11.1 Å². The number of carboxylic acid groups (broad SMARTS) is 1. The van der Waals surface area contributed by atoms with E-state index in [1.807, 2.05) is 24.4 Å². The molecular weight excluding hydrogens is 491 g/mol. The molecule has 1 unspecified atom stereocenters. The Labute approximate surface area is 220 Å². The fraction of sp³-hybridized carbons (Fsp3) is 0.429. The molecule has 0 radical (unpaired) electrons. The van der Waals surface area contributed by atoms with Gasteiger partial charge in [-0.25, -0.2) is 9.18 Å². The number of H-pyrrole nitrogens is 1. The lowest BCUT2D eigenvalue weighted by molar-refractivity contribution is -0.131. The highest BCUT2D eigenvalue weighted by atomic mass is 19.1. The monoisotopic (exact) mass is 524 g/mol. The summed E-state index contributed by atoms with van der Waals surface area (Å²) in [6.45, 7) is 3.06. The van der Waals surface area contributed by atoms with Gasteiger partial charge in [0, 0.05) is 41.2 Å². The first kappa shape index (κ1) is 26.0. The molecule has 1 atom stereocenters. The van der Waals surface area contributed by atoms with Gasteiger partial charge in [0.25, 0.3) is 5.91 Å². The van der Waals surface area contributed by atoms with Crippen molar-refractivity contribution in [1.29, 1.82) is 0 Å². The molecular formula is C28H33FN4O5. The van der Waals surface area contributed by atoms with E-state index in [9.17, 15) is 14.0 Å². The number of hydrogen-bond acceptors (Lipinski definition) is 6. The number of hydroxylamine groups is 2. The summed E-state index contributed by atoms with van der Waals surface area (Å²) in [4.78, 5) is 32.3. The smallest absolute Gasteiger partial charge is 0.479 e. The molecule has 2 fully saturated rings. The number of piperidine rings is 2. The lowest BCUT2D eigenvalue weighted by atomic mass is 9.70. The molecule has 9 nitrogen and oxygen atoms in total. The second-order valence-electron chi connectivity index (χ2n) is 10.4. The number of amides is 1. The van der Waals surface area contributed by atoms with Gasteiger partial charge in [-0.05, 0) is 81.6 Å². The normalized spacial score (nSPS) is 21.4. The van der Waals surface area contributed by atoms with E-state index in [2.05, 4.69) is 27.8 Å². The molecule has 0 bridgehead atoms. The number of carbonyl (C=O) groups excluding carboxylic acids is 1. The van der Waals surface area contributed by atoms with Crippen LogP contribution in [0.1, 0.15) is 42.7 Å². The number of ether oxygens (including phenoxy) is 1. The first-order valence-corrected chi connectivity index (χ1v) is 12.9. The van der Waals surface area contributed by atoms with Crippen LogP contribution in [-0.2, 0) is 15.0 Å². The number of benzene rings is 2. The minimum Gasteiger partial charge on any atom is -0.479 e. The summed E-state index contributed by atoms with van der Waals surface area (Å²) in [5, 5.41) is 10.9. The Morgan fingerprint density at radius 1 is 1.13 bits per heavy atom. The first-order valence-electron chi connectivity index (χ1n) is 12.9. The molecule has 2 saturated heterocycles. The molecule has 3 aliphatic rings. The average molecular weight is 525 g/mol. The van der Waals surface area contributed by atoms with Gasteiger partial charge in [-0.3, -0.25) is 4.79 Å². The van der Waals surface area contributed by atoms with Crippen molar-refractivity contribution in [1.82, 2.24) is 14.9 Å². The quantitative estimate of drug-likeness (QED) is 0.474. The summed E-state index contributed by atoms with van der Waals surface area (Å²) < 4.78 is 19.2. The fourth-order valence-corrected chi connectivity index (χ4v) is 6.06. The molecule has 6 rings (SSSR count). The number of nitrogens with one attached hydrogen (secondary N) is 1. The highest BCUT2D eigenvalue weighted by Gasteiger charge is 2.52. The Balaban J connectivity index is 0.000000156. The van der Waals surface area contributed by atoms with E-state index >= 15 is 0 Å². The van der Waals surface area contributed by atoms with Crippen molar-refractivity contribution in [3.05, 3.63) is 65.6 Å². The van der Waals surface area contributed by atoms with E-state index in [4.69, 9.17) is 15.6 Å². The third kappa shape index (κ3) is 5.06. The number of rotatable bonds is 3. The molecule has 0 saturated carbocycles. The second-order valence-corrected chi connectivity index (χ2v) is 10.4. The van der Waals surface area contributed by atoms with Crippen LogP contribution in [0.3, 0.4) is 0 Å². The Hall–Kier alpha value is -3.63. The molecule has 1 spiro atoms. The van der Waals surface area contributed by atoms with Crippen molar-refractivity contribution in [2.45, 2.75) is 43.1 Å². The van der Waals surface area contributed by atoms with Crippen LogP contribution >= 0.6 is 0 Å². The van der Waals surface area contributed by atoms with Crippen LogP contribution < -0.4 is 10.5 Å². The minimum atomic E-state index is -1.28. The number of halogens is 1. The molecule has 3 aliphatic heterocycles. The van der Waals surface area contributed by atoms with Crippen molar-refractivity contribution < 1.29 is 28.7 Å². The standard InChI is InChI=1S/C14H15FN2O3.C14H18N2O2/c15-10-1-2-13-11(7-10)12(8-16-13)9-3-5-17(6-4-9)20-14(18)19;1-16-8-6-14(7-9-16)10-4-2-3-5-11(10)18-12(14)13(15)17/h1-2,7-9,16H,3-6H2,(H,18,19);2-5,12H,6-9H2,1H3,(H2,15,17). The zero-order valence-corrected chi connectivity index (χ0v) is 21.4. The molecule has 38 heavy (non-hydrogen) atoms.